The fourth-order valence-corrected chi connectivity index (χ4v) is 2.07. The molecule has 0 unspecified atom stereocenters. The van der Waals surface area contributed by atoms with Crippen molar-refractivity contribution in [3.05, 3.63) is 33.1 Å². The number of halogens is 2. The number of hydrogen-bond acceptors (Lipinski definition) is 1. The zero-order valence-corrected chi connectivity index (χ0v) is 10.9. The van der Waals surface area contributed by atoms with Crippen molar-refractivity contribution in [3.63, 3.8) is 0 Å². The first-order valence-corrected chi connectivity index (χ1v) is 5.93. The number of nitrogens with zero attached hydrogens (tertiary/aromatic N) is 1. The lowest BCUT2D eigenvalue weighted by molar-refractivity contribution is 0.0767. The molecular formula is C11H13FINO. The van der Waals surface area contributed by atoms with Gasteiger partial charge >= 0.3 is 0 Å². The third kappa shape index (κ3) is 2.68. The molecule has 0 aromatic heterocycles. The van der Waals surface area contributed by atoms with E-state index >= 15 is 0 Å². The summed E-state index contributed by atoms with van der Waals surface area (Å²) in [5.41, 5.74) is 0.182. The standard InChI is InChI=1S/C11H13FINO/c1-3-14(4-2)11(15)10-8(12)6-5-7-9(10)13/h5-7H,3-4H2,1-2H3. The van der Waals surface area contributed by atoms with Crippen molar-refractivity contribution in [2.45, 2.75) is 13.8 Å². The lowest BCUT2D eigenvalue weighted by atomic mass is 10.2. The summed E-state index contributed by atoms with van der Waals surface area (Å²) in [6, 6.07) is 4.66. The van der Waals surface area contributed by atoms with E-state index in [4.69, 9.17) is 0 Å². The molecule has 0 spiro atoms. The van der Waals surface area contributed by atoms with Crippen molar-refractivity contribution < 1.29 is 9.18 Å². The number of amides is 1. The third-order valence-electron chi connectivity index (χ3n) is 2.23. The van der Waals surface area contributed by atoms with Crippen LogP contribution in [0.25, 0.3) is 0 Å². The van der Waals surface area contributed by atoms with E-state index in [1.165, 1.54) is 6.07 Å². The molecule has 4 heteroatoms. The number of carbonyl (C=O) groups is 1. The molecule has 0 saturated heterocycles. The molecule has 15 heavy (non-hydrogen) atoms. The van der Waals surface area contributed by atoms with Crippen LogP contribution in [0.2, 0.25) is 0 Å². The van der Waals surface area contributed by atoms with Crippen LogP contribution in [0.5, 0.6) is 0 Å². The number of carbonyl (C=O) groups excluding carboxylic acids is 1. The van der Waals surface area contributed by atoms with E-state index in [0.717, 1.165) is 0 Å². The molecule has 1 aromatic rings. The lowest BCUT2D eigenvalue weighted by Gasteiger charge is -2.19. The molecule has 0 radical (unpaired) electrons. The van der Waals surface area contributed by atoms with Gasteiger partial charge in [0.05, 0.1) is 5.56 Å². The summed E-state index contributed by atoms with van der Waals surface area (Å²) in [5.74, 6) is -0.679. The smallest absolute Gasteiger partial charge is 0.257 e. The molecule has 0 fully saturated rings. The molecule has 0 aliphatic carbocycles. The van der Waals surface area contributed by atoms with Gasteiger partial charge < -0.3 is 4.90 Å². The van der Waals surface area contributed by atoms with Crippen LogP contribution >= 0.6 is 22.6 Å². The molecule has 0 aliphatic rings. The highest BCUT2D eigenvalue weighted by atomic mass is 127. The highest BCUT2D eigenvalue weighted by Crippen LogP contribution is 2.17. The summed E-state index contributed by atoms with van der Waals surface area (Å²) in [4.78, 5) is 13.5. The van der Waals surface area contributed by atoms with Gasteiger partial charge in [-0.15, -0.1) is 0 Å². The Balaban J connectivity index is 3.10. The molecule has 0 aliphatic heterocycles. The zero-order valence-electron chi connectivity index (χ0n) is 8.76. The lowest BCUT2D eigenvalue weighted by Crippen LogP contribution is -2.31. The SMILES string of the molecule is CCN(CC)C(=O)c1c(F)cccc1I. The topological polar surface area (TPSA) is 20.3 Å². The predicted octanol–water partition coefficient (Wildman–Crippen LogP) is 2.91. The van der Waals surface area contributed by atoms with Gasteiger partial charge in [-0.1, -0.05) is 6.07 Å². The Morgan fingerprint density at radius 1 is 1.40 bits per heavy atom. The fraction of sp³-hybridized carbons (Fsp3) is 0.364. The molecule has 1 aromatic carbocycles. The highest BCUT2D eigenvalue weighted by Gasteiger charge is 2.19. The Bertz CT molecular complexity index is 343. The third-order valence-corrected chi connectivity index (χ3v) is 3.13. The van der Waals surface area contributed by atoms with Gasteiger partial charge in [-0.3, -0.25) is 4.79 Å². The molecule has 0 saturated carbocycles. The van der Waals surface area contributed by atoms with Gasteiger partial charge in [-0.05, 0) is 48.6 Å². The number of rotatable bonds is 3. The van der Waals surface area contributed by atoms with Crippen molar-refractivity contribution in [2.24, 2.45) is 0 Å². The second kappa shape index (κ2) is 5.44. The summed E-state index contributed by atoms with van der Waals surface area (Å²) in [6.45, 7) is 4.96. The maximum atomic E-state index is 13.5. The van der Waals surface area contributed by atoms with Crippen molar-refractivity contribution in [1.29, 1.82) is 0 Å². The molecular weight excluding hydrogens is 308 g/mol. The van der Waals surface area contributed by atoms with Crippen LogP contribution in [-0.2, 0) is 0 Å². The molecule has 1 amide bonds. The van der Waals surface area contributed by atoms with E-state index < -0.39 is 5.82 Å². The number of benzene rings is 1. The van der Waals surface area contributed by atoms with E-state index in [2.05, 4.69) is 0 Å². The molecule has 1 rings (SSSR count). The maximum absolute atomic E-state index is 13.5. The minimum Gasteiger partial charge on any atom is -0.339 e. The molecule has 82 valence electrons. The quantitative estimate of drug-likeness (QED) is 0.784. The molecule has 2 nitrogen and oxygen atoms in total. The summed E-state index contributed by atoms with van der Waals surface area (Å²) in [7, 11) is 0. The van der Waals surface area contributed by atoms with Gasteiger partial charge in [-0.2, -0.15) is 0 Å². The second-order valence-electron chi connectivity index (χ2n) is 3.07. The highest BCUT2D eigenvalue weighted by molar-refractivity contribution is 14.1. The van der Waals surface area contributed by atoms with E-state index in [-0.39, 0.29) is 11.5 Å². The van der Waals surface area contributed by atoms with E-state index in [1.807, 2.05) is 36.4 Å². The summed E-state index contributed by atoms with van der Waals surface area (Å²) in [5, 5.41) is 0. The fourth-order valence-electron chi connectivity index (χ4n) is 1.37. The first-order valence-electron chi connectivity index (χ1n) is 4.85. The van der Waals surface area contributed by atoms with E-state index in [1.54, 1.807) is 17.0 Å². The number of hydrogen-bond donors (Lipinski definition) is 0. The van der Waals surface area contributed by atoms with Crippen molar-refractivity contribution in [1.82, 2.24) is 4.90 Å². The molecule has 0 atom stereocenters. The molecule has 0 heterocycles. The Morgan fingerprint density at radius 2 is 2.00 bits per heavy atom. The van der Waals surface area contributed by atoms with Crippen molar-refractivity contribution in [2.75, 3.05) is 13.1 Å². The van der Waals surface area contributed by atoms with Crippen LogP contribution in [0.3, 0.4) is 0 Å². The van der Waals surface area contributed by atoms with Gasteiger partial charge in [0.15, 0.2) is 0 Å². The van der Waals surface area contributed by atoms with Crippen LogP contribution in [0.1, 0.15) is 24.2 Å². The average molecular weight is 321 g/mol. The Kier molecular flexibility index (Phi) is 4.50. The monoisotopic (exact) mass is 321 g/mol. The van der Waals surface area contributed by atoms with Crippen molar-refractivity contribution >= 4 is 28.5 Å². The molecule has 0 N–H and O–H groups in total. The molecule has 0 bridgehead atoms. The van der Waals surface area contributed by atoms with Crippen LogP contribution in [0.15, 0.2) is 18.2 Å². The van der Waals surface area contributed by atoms with Gasteiger partial charge in [0.2, 0.25) is 0 Å². The van der Waals surface area contributed by atoms with E-state index in [0.29, 0.717) is 16.7 Å². The average Bonchev–Trinajstić information content (AvgIpc) is 2.19. The van der Waals surface area contributed by atoms with Crippen LogP contribution in [-0.4, -0.2) is 23.9 Å². The van der Waals surface area contributed by atoms with Gasteiger partial charge in [0, 0.05) is 16.7 Å². The van der Waals surface area contributed by atoms with Crippen LogP contribution in [0, 0.1) is 9.39 Å². The Labute approximate surface area is 103 Å². The first kappa shape index (κ1) is 12.4. The minimum absolute atomic E-state index is 0.182. The maximum Gasteiger partial charge on any atom is 0.257 e. The van der Waals surface area contributed by atoms with Crippen molar-refractivity contribution in [3.8, 4) is 0 Å². The summed E-state index contributed by atoms with van der Waals surface area (Å²) >= 11 is 1.98. The Morgan fingerprint density at radius 3 is 2.47 bits per heavy atom. The van der Waals surface area contributed by atoms with Gasteiger partial charge in [-0.25, -0.2) is 4.39 Å². The Hall–Kier alpha value is -0.650. The predicted molar refractivity (Wildman–Crippen MR) is 66.4 cm³/mol. The second-order valence-corrected chi connectivity index (χ2v) is 4.24. The largest absolute Gasteiger partial charge is 0.339 e. The van der Waals surface area contributed by atoms with Gasteiger partial charge in [0.25, 0.3) is 5.91 Å². The first-order chi connectivity index (χ1) is 7.11. The van der Waals surface area contributed by atoms with Crippen LogP contribution < -0.4 is 0 Å². The normalized spacial score (nSPS) is 10.1. The van der Waals surface area contributed by atoms with Gasteiger partial charge in [0.1, 0.15) is 5.82 Å². The summed E-state index contributed by atoms with van der Waals surface area (Å²) in [6.07, 6.45) is 0. The zero-order chi connectivity index (χ0) is 11.4. The van der Waals surface area contributed by atoms with E-state index in [9.17, 15) is 9.18 Å². The summed E-state index contributed by atoms with van der Waals surface area (Å²) < 4.78 is 14.1. The minimum atomic E-state index is -0.446. The van der Waals surface area contributed by atoms with Crippen LogP contribution in [0.4, 0.5) is 4.39 Å².